The van der Waals surface area contributed by atoms with Gasteiger partial charge in [-0.05, 0) is 24.3 Å². The van der Waals surface area contributed by atoms with Crippen molar-refractivity contribution in [1.29, 1.82) is 0 Å². The van der Waals surface area contributed by atoms with Crippen LogP contribution in [0.1, 0.15) is 12.0 Å². The van der Waals surface area contributed by atoms with E-state index in [9.17, 15) is 4.79 Å². The summed E-state index contributed by atoms with van der Waals surface area (Å²) in [4.78, 5) is 13.8. The molecule has 2 rings (SSSR count). The number of nitrogens with zero attached hydrogens (tertiary/aromatic N) is 1. The number of carbonyl (C=O) groups excluding carboxylic acids is 1. The highest BCUT2D eigenvalue weighted by Gasteiger charge is 2.23. The van der Waals surface area contributed by atoms with E-state index in [0.29, 0.717) is 5.25 Å². The van der Waals surface area contributed by atoms with E-state index in [-0.39, 0.29) is 5.91 Å². The Bertz CT molecular complexity index is 402. The number of likely N-dealkylation sites (tertiary alicyclic amines) is 1. The summed E-state index contributed by atoms with van der Waals surface area (Å²) in [6, 6.07) is 9.92. The van der Waals surface area contributed by atoms with E-state index in [4.69, 9.17) is 0 Å². The predicted octanol–water partition coefficient (Wildman–Crippen LogP) is 2.66. The van der Waals surface area contributed by atoms with E-state index in [2.05, 4.69) is 6.26 Å². The minimum atomic E-state index is 0.130. The second kappa shape index (κ2) is 5.92. The first-order valence-corrected chi connectivity index (χ1v) is 7.13. The molecule has 17 heavy (non-hydrogen) atoms. The van der Waals surface area contributed by atoms with Crippen molar-refractivity contribution in [2.24, 2.45) is 0 Å². The monoisotopic (exact) mass is 247 g/mol. The molecule has 0 unspecified atom stereocenters. The Morgan fingerprint density at radius 2 is 2.18 bits per heavy atom. The van der Waals surface area contributed by atoms with Crippen molar-refractivity contribution in [2.75, 3.05) is 19.3 Å². The molecule has 0 spiro atoms. The average Bonchev–Trinajstić information content (AvgIpc) is 2.86. The third-order valence-electron chi connectivity index (χ3n) is 3.01. The molecule has 0 saturated carbocycles. The smallest absolute Gasteiger partial charge is 0.246 e. The molecule has 1 fully saturated rings. The lowest BCUT2D eigenvalue weighted by Crippen LogP contribution is -2.27. The zero-order valence-electron chi connectivity index (χ0n) is 10.0. The summed E-state index contributed by atoms with van der Waals surface area (Å²) in [5.74, 6) is 0.130. The highest BCUT2D eigenvalue weighted by Crippen LogP contribution is 2.20. The van der Waals surface area contributed by atoms with Gasteiger partial charge in [0.25, 0.3) is 0 Å². The fourth-order valence-electron chi connectivity index (χ4n) is 1.96. The first-order valence-electron chi connectivity index (χ1n) is 5.84. The van der Waals surface area contributed by atoms with E-state index >= 15 is 0 Å². The molecule has 1 aromatic carbocycles. The highest BCUT2D eigenvalue weighted by atomic mass is 32.2. The van der Waals surface area contributed by atoms with Crippen LogP contribution in [0.25, 0.3) is 6.08 Å². The van der Waals surface area contributed by atoms with Crippen molar-refractivity contribution in [3.63, 3.8) is 0 Å². The Hall–Kier alpha value is -1.22. The first kappa shape index (κ1) is 12.2. The molecule has 0 aromatic heterocycles. The van der Waals surface area contributed by atoms with Gasteiger partial charge in [-0.25, -0.2) is 0 Å². The van der Waals surface area contributed by atoms with Gasteiger partial charge in [0, 0.05) is 24.4 Å². The van der Waals surface area contributed by atoms with Gasteiger partial charge in [-0.15, -0.1) is 0 Å². The molecule has 1 aromatic rings. The van der Waals surface area contributed by atoms with Gasteiger partial charge < -0.3 is 4.90 Å². The van der Waals surface area contributed by atoms with Crippen molar-refractivity contribution < 1.29 is 4.79 Å². The number of rotatable bonds is 3. The summed E-state index contributed by atoms with van der Waals surface area (Å²) >= 11 is 1.85. The number of carbonyl (C=O) groups is 1. The summed E-state index contributed by atoms with van der Waals surface area (Å²) in [5, 5.41) is 0.615. The van der Waals surface area contributed by atoms with Gasteiger partial charge in [-0.1, -0.05) is 30.3 Å². The van der Waals surface area contributed by atoms with Crippen LogP contribution in [0, 0.1) is 0 Å². The normalized spacial score (nSPS) is 20.1. The molecule has 1 aliphatic heterocycles. The standard InChI is InChI=1S/C14H17NOS/c1-17-13-9-10-15(11-13)14(16)8-7-12-5-3-2-4-6-12/h2-8,13H,9-11H2,1H3/b8-7+/t13-/m0/s1. The van der Waals surface area contributed by atoms with Crippen LogP contribution >= 0.6 is 11.8 Å². The molecule has 0 aliphatic carbocycles. The molecule has 3 heteroatoms. The summed E-state index contributed by atoms with van der Waals surface area (Å²) in [6.45, 7) is 1.78. The lowest BCUT2D eigenvalue weighted by atomic mass is 10.2. The van der Waals surface area contributed by atoms with Crippen LogP contribution in [-0.2, 0) is 4.79 Å². The molecule has 0 N–H and O–H groups in total. The van der Waals surface area contributed by atoms with Crippen LogP contribution in [0.4, 0.5) is 0 Å². The maximum Gasteiger partial charge on any atom is 0.246 e. The average molecular weight is 247 g/mol. The lowest BCUT2D eigenvalue weighted by molar-refractivity contribution is -0.124. The highest BCUT2D eigenvalue weighted by molar-refractivity contribution is 7.99. The van der Waals surface area contributed by atoms with Gasteiger partial charge >= 0.3 is 0 Å². The first-order chi connectivity index (χ1) is 8.29. The minimum Gasteiger partial charge on any atom is -0.338 e. The number of hydrogen-bond acceptors (Lipinski definition) is 2. The summed E-state index contributed by atoms with van der Waals surface area (Å²) in [7, 11) is 0. The van der Waals surface area contributed by atoms with E-state index < -0.39 is 0 Å². The van der Waals surface area contributed by atoms with Gasteiger partial charge in [-0.3, -0.25) is 4.79 Å². The zero-order chi connectivity index (χ0) is 12.1. The molecule has 1 amide bonds. The van der Waals surface area contributed by atoms with Gasteiger partial charge in [0.15, 0.2) is 0 Å². The Morgan fingerprint density at radius 3 is 2.82 bits per heavy atom. The van der Waals surface area contributed by atoms with Gasteiger partial charge in [-0.2, -0.15) is 11.8 Å². The van der Waals surface area contributed by atoms with Crippen molar-refractivity contribution in [3.05, 3.63) is 42.0 Å². The minimum absolute atomic E-state index is 0.130. The third-order valence-corrected chi connectivity index (χ3v) is 4.06. The van der Waals surface area contributed by atoms with Gasteiger partial charge in [0.1, 0.15) is 0 Å². The van der Waals surface area contributed by atoms with Crippen LogP contribution in [0.5, 0.6) is 0 Å². The van der Waals surface area contributed by atoms with Gasteiger partial charge in [0.2, 0.25) is 5.91 Å². The number of hydrogen-bond donors (Lipinski definition) is 0. The van der Waals surface area contributed by atoms with Crippen LogP contribution < -0.4 is 0 Å². The number of amides is 1. The molecule has 1 atom stereocenters. The topological polar surface area (TPSA) is 20.3 Å². The number of benzene rings is 1. The molecule has 90 valence electrons. The molecule has 1 heterocycles. The maximum atomic E-state index is 11.9. The van der Waals surface area contributed by atoms with Crippen molar-refractivity contribution in [2.45, 2.75) is 11.7 Å². The Labute approximate surface area is 107 Å². The Morgan fingerprint density at radius 1 is 1.41 bits per heavy atom. The van der Waals surface area contributed by atoms with Gasteiger partial charge in [0.05, 0.1) is 0 Å². The van der Waals surface area contributed by atoms with E-state index in [0.717, 1.165) is 25.1 Å². The van der Waals surface area contributed by atoms with E-state index in [1.54, 1.807) is 6.08 Å². The molecule has 0 radical (unpaired) electrons. The van der Waals surface area contributed by atoms with Crippen LogP contribution in [0.15, 0.2) is 36.4 Å². The molecule has 2 nitrogen and oxygen atoms in total. The maximum absolute atomic E-state index is 11.9. The molecule has 1 aliphatic rings. The fourth-order valence-corrected chi connectivity index (χ4v) is 2.63. The SMILES string of the molecule is CS[C@H]1CCN(C(=O)/C=C/c2ccccc2)C1. The molecule has 0 bridgehead atoms. The fraction of sp³-hybridized carbons (Fsp3) is 0.357. The zero-order valence-corrected chi connectivity index (χ0v) is 10.8. The van der Waals surface area contributed by atoms with Crippen LogP contribution in [0.2, 0.25) is 0 Å². The van der Waals surface area contributed by atoms with E-state index in [1.165, 1.54) is 0 Å². The predicted molar refractivity (Wildman–Crippen MR) is 74.0 cm³/mol. The van der Waals surface area contributed by atoms with E-state index in [1.807, 2.05) is 53.1 Å². The second-order valence-corrected chi connectivity index (χ2v) is 5.31. The quantitative estimate of drug-likeness (QED) is 0.765. The van der Waals surface area contributed by atoms with Crippen LogP contribution in [0.3, 0.4) is 0 Å². The molecular weight excluding hydrogens is 230 g/mol. The molecular formula is C14H17NOS. The number of thioether (sulfide) groups is 1. The summed E-state index contributed by atoms with van der Waals surface area (Å²) < 4.78 is 0. The largest absolute Gasteiger partial charge is 0.338 e. The Kier molecular flexibility index (Phi) is 4.26. The summed E-state index contributed by atoms with van der Waals surface area (Å²) in [5.41, 5.74) is 1.07. The third kappa shape index (κ3) is 3.37. The Balaban J connectivity index is 1.92. The van der Waals surface area contributed by atoms with Crippen LogP contribution in [-0.4, -0.2) is 35.4 Å². The van der Waals surface area contributed by atoms with Crippen molar-refractivity contribution in [1.82, 2.24) is 4.90 Å². The molecule has 1 saturated heterocycles. The van der Waals surface area contributed by atoms with Crippen molar-refractivity contribution in [3.8, 4) is 0 Å². The van der Waals surface area contributed by atoms with Crippen molar-refractivity contribution >= 4 is 23.7 Å². The second-order valence-electron chi connectivity index (χ2n) is 4.17. The summed E-state index contributed by atoms with van der Waals surface area (Å²) in [6.07, 6.45) is 6.79. The lowest BCUT2D eigenvalue weighted by Gasteiger charge is -2.13.